The highest BCUT2D eigenvalue weighted by Gasteiger charge is 2.19. The van der Waals surface area contributed by atoms with Crippen molar-refractivity contribution in [2.45, 2.75) is 32.2 Å². The highest BCUT2D eigenvalue weighted by molar-refractivity contribution is 5.32. The van der Waals surface area contributed by atoms with Gasteiger partial charge >= 0.3 is 0 Å². The standard InChI is InChI=1S/C13H17N5/c1-10-5-4-6-11(9-10)18-16-13(15-17-18)12-7-2-3-8-14-12/h4-6,9,12,14H,2-3,7-8H2,1H3. The average molecular weight is 243 g/mol. The fourth-order valence-corrected chi connectivity index (χ4v) is 2.30. The number of benzene rings is 1. The zero-order valence-electron chi connectivity index (χ0n) is 10.5. The first kappa shape index (κ1) is 11.3. The van der Waals surface area contributed by atoms with Crippen LogP contribution in [0.4, 0.5) is 0 Å². The van der Waals surface area contributed by atoms with E-state index in [9.17, 15) is 0 Å². The van der Waals surface area contributed by atoms with E-state index >= 15 is 0 Å². The molecule has 0 radical (unpaired) electrons. The first-order valence-corrected chi connectivity index (χ1v) is 6.43. The molecular weight excluding hydrogens is 226 g/mol. The predicted octanol–water partition coefficient (Wildman–Crippen LogP) is 1.79. The molecule has 1 fully saturated rings. The van der Waals surface area contributed by atoms with Gasteiger partial charge in [0.1, 0.15) is 0 Å². The number of hydrogen-bond acceptors (Lipinski definition) is 4. The summed E-state index contributed by atoms with van der Waals surface area (Å²) in [5.74, 6) is 0.802. The third-order valence-corrected chi connectivity index (χ3v) is 3.28. The predicted molar refractivity (Wildman–Crippen MR) is 68.5 cm³/mol. The van der Waals surface area contributed by atoms with Crippen LogP contribution in [0.5, 0.6) is 0 Å². The minimum absolute atomic E-state index is 0.261. The van der Waals surface area contributed by atoms with Crippen molar-refractivity contribution in [2.75, 3.05) is 6.54 Å². The Kier molecular flexibility index (Phi) is 3.06. The Balaban J connectivity index is 1.84. The van der Waals surface area contributed by atoms with E-state index in [2.05, 4.69) is 39.8 Å². The molecule has 0 amide bonds. The summed E-state index contributed by atoms with van der Waals surface area (Å²) in [5, 5.41) is 16.2. The van der Waals surface area contributed by atoms with Gasteiger partial charge in [0.2, 0.25) is 0 Å². The number of rotatable bonds is 2. The highest BCUT2D eigenvalue weighted by Crippen LogP contribution is 2.19. The molecule has 1 saturated heterocycles. The Morgan fingerprint density at radius 3 is 3.06 bits per heavy atom. The van der Waals surface area contributed by atoms with Gasteiger partial charge in [-0.25, -0.2) is 0 Å². The molecule has 2 aromatic rings. The first-order valence-electron chi connectivity index (χ1n) is 6.43. The summed E-state index contributed by atoms with van der Waals surface area (Å²) >= 11 is 0. The summed E-state index contributed by atoms with van der Waals surface area (Å²) in [6.07, 6.45) is 3.57. The number of piperidine rings is 1. The van der Waals surface area contributed by atoms with E-state index in [-0.39, 0.29) is 6.04 Å². The lowest BCUT2D eigenvalue weighted by molar-refractivity contribution is 0.397. The molecule has 1 unspecified atom stereocenters. The molecular formula is C13H17N5. The maximum Gasteiger partial charge on any atom is 0.192 e. The lowest BCUT2D eigenvalue weighted by Gasteiger charge is -2.19. The summed E-state index contributed by atoms with van der Waals surface area (Å²) in [6.45, 7) is 3.10. The second kappa shape index (κ2) is 4.86. The fourth-order valence-electron chi connectivity index (χ4n) is 2.30. The van der Waals surface area contributed by atoms with Crippen molar-refractivity contribution in [1.29, 1.82) is 0 Å². The molecule has 1 aliphatic rings. The van der Waals surface area contributed by atoms with Crippen LogP contribution < -0.4 is 5.32 Å². The fraction of sp³-hybridized carbons (Fsp3) is 0.462. The van der Waals surface area contributed by atoms with Crippen molar-refractivity contribution in [3.05, 3.63) is 35.7 Å². The van der Waals surface area contributed by atoms with Crippen LogP contribution in [0, 0.1) is 6.92 Å². The normalized spacial score (nSPS) is 19.9. The van der Waals surface area contributed by atoms with Gasteiger partial charge in [-0.05, 0) is 49.2 Å². The number of aryl methyl sites for hydroxylation is 1. The molecule has 1 aromatic heterocycles. The van der Waals surface area contributed by atoms with Crippen LogP contribution in [0.3, 0.4) is 0 Å². The molecule has 5 heteroatoms. The molecule has 3 rings (SSSR count). The van der Waals surface area contributed by atoms with Gasteiger partial charge in [-0.3, -0.25) is 0 Å². The van der Waals surface area contributed by atoms with E-state index in [0.29, 0.717) is 0 Å². The molecule has 0 aliphatic carbocycles. The largest absolute Gasteiger partial charge is 0.307 e. The van der Waals surface area contributed by atoms with Crippen molar-refractivity contribution < 1.29 is 0 Å². The zero-order chi connectivity index (χ0) is 12.4. The minimum Gasteiger partial charge on any atom is -0.307 e. The second-order valence-electron chi connectivity index (χ2n) is 4.78. The third-order valence-electron chi connectivity index (χ3n) is 3.28. The Morgan fingerprint density at radius 1 is 1.33 bits per heavy atom. The van der Waals surface area contributed by atoms with Crippen LogP contribution >= 0.6 is 0 Å². The summed E-state index contributed by atoms with van der Waals surface area (Å²) < 4.78 is 0. The van der Waals surface area contributed by atoms with Crippen molar-refractivity contribution >= 4 is 0 Å². The molecule has 2 heterocycles. The maximum absolute atomic E-state index is 4.48. The van der Waals surface area contributed by atoms with Crippen LogP contribution in [0.2, 0.25) is 0 Å². The van der Waals surface area contributed by atoms with Gasteiger partial charge < -0.3 is 5.32 Å². The average Bonchev–Trinajstić information content (AvgIpc) is 2.89. The monoisotopic (exact) mass is 243 g/mol. The van der Waals surface area contributed by atoms with E-state index < -0.39 is 0 Å². The summed E-state index contributed by atoms with van der Waals surface area (Å²) in [5.41, 5.74) is 2.16. The van der Waals surface area contributed by atoms with Crippen LogP contribution in [0.1, 0.15) is 36.7 Å². The van der Waals surface area contributed by atoms with E-state index in [1.807, 2.05) is 12.1 Å². The minimum atomic E-state index is 0.261. The summed E-state index contributed by atoms with van der Waals surface area (Å²) in [6, 6.07) is 8.38. The van der Waals surface area contributed by atoms with Crippen LogP contribution in [0.25, 0.3) is 5.69 Å². The second-order valence-corrected chi connectivity index (χ2v) is 4.78. The third kappa shape index (κ3) is 2.26. The Labute approximate surface area is 106 Å². The van der Waals surface area contributed by atoms with E-state index in [1.165, 1.54) is 18.4 Å². The van der Waals surface area contributed by atoms with Gasteiger partial charge in [-0.15, -0.1) is 15.0 Å². The van der Waals surface area contributed by atoms with E-state index in [4.69, 9.17) is 0 Å². The number of nitrogens with zero attached hydrogens (tertiary/aromatic N) is 4. The maximum atomic E-state index is 4.48. The Morgan fingerprint density at radius 2 is 2.28 bits per heavy atom. The van der Waals surface area contributed by atoms with Crippen LogP contribution in [0.15, 0.2) is 24.3 Å². The molecule has 1 N–H and O–H groups in total. The van der Waals surface area contributed by atoms with Crippen LogP contribution in [-0.2, 0) is 0 Å². The molecule has 5 nitrogen and oxygen atoms in total. The zero-order valence-corrected chi connectivity index (χ0v) is 10.5. The van der Waals surface area contributed by atoms with Gasteiger partial charge in [-0.2, -0.15) is 0 Å². The highest BCUT2D eigenvalue weighted by atomic mass is 15.6. The number of aromatic nitrogens is 4. The molecule has 94 valence electrons. The van der Waals surface area contributed by atoms with Crippen molar-refractivity contribution in [3.63, 3.8) is 0 Å². The van der Waals surface area contributed by atoms with Gasteiger partial charge in [0.05, 0.1) is 11.7 Å². The molecule has 18 heavy (non-hydrogen) atoms. The van der Waals surface area contributed by atoms with Crippen molar-refractivity contribution in [2.24, 2.45) is 0 Å². The van der Waals surface area contributed by atoms with Gasteiger partial charge in [0, 0.05) is 0 Å². The molecule has 0 spiro atoms. The number of hydrogen-bond donors (Lipinski definition) is 1. The number of nitrogens with one attached hydrogen (secondary N) is 1. The molecule has 0 saturated carbocycles. The van der Waals surface area contributed by atoms with E-state index in [0.717, 1.165) is 24.5 Å². The smallest absolute Gasteiger partial charge is 0.192 e. The van der Waals surface area contributed by atoms with Gasteiger partial charge in [0.25, 0.3) is 0 Å². The molecule has 1 aliphatic heterocycles. The lowest BCUT2D eigenvalue weighted by atomic mass is 10.1. The topological polar surface area (TPSA) is 55.6 Å². The Hall–Kier alpha value is -1.75. The van der Waals surface area contributed by atoms with Crippen molar-refractivity contribution in [1.82, 2.24) is 25.5 Å². The van der Waals surface area contributed by atoms with Gasteiger partial charge in [0.15, 0.2) is 5.82 Å². The molecule has 1 atom stereocenters. The van der Waals surface area contributed by atoms with Crippen molar-refractivity contribution in [3.8, 4) is 5.69 Å². The SMILES string of the molecule is Cc1cccc(-n2nnc(C3CCCCN3)n2)c1. The molecule has 1 aromatic carbocycles. The Bertz CT molecular complexity index is 528. The first-order chi connectivity index (χ1) is 8.83. The van der Waals surface area contributed by atoms with Gasteiger partial charge in [-0.1, -0.05) is 18.6 Å². The number of tetrazole rings is 1. The van der Waals surface area contributed by atoms with Crippen LogP contribution in [-0.4, -0.2) is 26.8 Å². The summed E-state index contributed by atoms with van der Waals surface area (Å²) in [4.78, 5) is 1.61. The summed E-state index contributed by atoms with van der Waals surface area (Å²) in [7, 11) is 0. The lowest BCUT2D eigenvalue weighted by Crippen LogP contribution is -2.27. The molecule has 0 bridgehead atoms. The quantitative estimate of drug-likeness (QED) is 0.873. The van der Waals surface area contributed by atoms with E-state index in [1.54, 1.807) is 4.80 Å².